The lowest BCUT2D eigenvalue weighted by Gasteiger charge is -2.10. The Hall–Kier alpha value is -4.06. The SMILES string of the molecule is C/C(=N/Nc1ccc(S(=O)(=O)Nc2ccccc2)cc1[N+](=O)[O-])c1ccc(OC(F)F)cc1. The van der Waals surface area contributed by atoms with E-state index < -0.39 is 27.2 Å². The van der Waals surface area contributed by atoms with E-state index >= 15 is 0 Å². The number of hydrogen-bond acceptors (Lipinski definition) is 7. The van der Waals surface area contributed by atoms with Gasteiger partial charge < -0.3 is 4.74 Å². The molecule has 3 rings (SSSR count). The molecule has 2 N–H and O–H groups in total. The lowest BCUT2D eigenvalue weighted by atomic mass is 10.1. The average molecular weight is 476 g/mol. The van der Waals surface area contributed by atoms with Crippen LogP contribution in [-0.2, 0) is 10.0 Å². The van der Waals surface area contributed by atoms with Crippen LogP contribution in [0, 0.1) is 10.1 Å². The van der Waals surface area contributed by atoms with Gasteiger partial charge in [-0.05, 0) is 61.0 Å². The molecule has 0 saturated carbocycles. The molecule has 12 heteroatoms. The van der Waals surface area contributed by atoms with Crippen LogP contribution in [0.4, 0.5) is 25.8 Å². The van der Waals surface area contributed by atoms with Gasteiger partial charge in [-0.1, -0.05) is 18.2 Å². The van der Waals surface area contributed by atoms with Gasteiger partial charge in [-0.25, -0.2) is 8.42 Å². The van der Waals surface area contributed by atoms with Gasteiger partial charge in [-0.2, -0.15) is 13.9 Å². The maximum absolute atomic E-state index is 12.6. The van der Waals surface area contributed by atoms with Crippen molar-refractivity contribution in [2.75, 3.05) is 10.1 Å². The van der Waals surface area contributed by atoms with E-state index in [9.17, 15) is 27.3 Å². The molecule has 0 radical (unpaired) electrons. The molecule has 0 unspecified atom stereocenters. The molecule has 0 aliphatic heterocycles. The minimum Gasteiger partial charge on any atom is -0.435 e. The van der Waals surface area contributed by atoms with Crippen molar-refractivity contribution in [3.63, 3.8) is 0 Å². The normalized spacial score (nSPS) is 11.8. The molecule has 0 heterocycles. The fourth-order valence-corrected chi connectivity index (χ4v) is 3.81. The van der Waals surface area contributed by atoms with Crippen LogP contribution in [-0.4, -0.2) is 25.7 Å². The van der Waals surface area contributed by atoms with Gasteiger partial charge in [0.15, 0.2) is 0 Å². The second-order valence-electron chi connectivity index (χ2n) is 6.62. The largest absolute Gasteiger partial charge is 0.435 e. The van der Waals surface area contributed by atoms with Crippen molar-refractivity contribution in [3.05, 3.63) is 88.5 Å². The molecule has 3 aromatic carbocycles. The monoisotopic (exact) mass is 476 g/mol. The molecule has 0 spiro atoms. The van der Waals surface area contributed by atoms with Crippen molar-refractivity contribution >= 4 is 32.8 Å². The number of anilines is 2. The first kappa shape index (κ1) is 23.6. The number of benzene rings is 3. The van der Waals surface area contributed by atoms with E-state index in [1.165, 1.54) is 36.4 Å². The van der Waals surface area contributed by atoms with Crippen LogP contribution in [0.15, 0.2) is 82.8 Å². The Bertz CT molecular complexity index is 1270. The Balaban J connectivity index is 1.81. The van der Waals surface area contributed by atoms with Gasteiger partial charge in [0, 0.05) is 11.8 Å². The molecule has 0 aromatic heterocycles. The number of hydrazone groups is 1. The number of para-hydroxylation sites is 1. The summed E-state index contributed by atoms with van der Waals surface area (Å²) >= 11 is 0. The Labute approximate surface area is 187 Å². The Kier molecular flexibility index (Phi) is 7.18. The Morgan fingerprint density at radius 3 is 2.33 bits per heavy atom. The molecular formula is C21H18F2N4O5S. The van der Waals surface area contributed by atoms with Gasteiger partial charge in [-0.3, -0.25) is 20.3 Å². The first-order valence-electron chi connectivity index (χ1n) is 9.37. The number of nitrogens with one attached hydrogen (secondary N) is 2. The number of nitro benzene ring substituents is 1. The minimum atomic E-state index is -4.06. The number of halogens is 2. The van der Waals surface area contributed by atoms with E-state index in [1.54, 1.807) is 37.3 Å². The summed E-state index contributed by atoms with van der Waals surface area (Å²) in [4.78, 5) is 10.5. The molecule has 0 bridgehead atoms. The predicted octanol–water partition coefficient (Wildman–Crippen LogP) is 4.83. The van der Waals surface area contributed by atoms with Gasteiger partial charge in [0.1, 0.15) is 11.4 Å². The predicted molar refractivity (Wildman–Crippen MR) is 119 cm³/mol. The van der Waals surface area contributed by atoms with Crippen LogP contribution in [0.5, 0.6) is 5.75 Å². The van der Waals surface area contributed by atoms with Gasteiger partial charge in [0.25, 0.3) is 15.7 Å². The Morgan fingerprint density at radius 2 is 1.73 bits per heavy atom. The summed E-state index contributed by atoms with van der Waals surface area (Å²) in [6, 6.07) is 17.1. The molecule has 33 heavy (non-hydrogen) atoms. The number of alkyl halides is 2. The Morgan fingerprint density at radius 1 is 1.06 bits per heavy atom. The third-order valence-corrected chi connectivity index (χ3v) is 5.72. The quantitative estimate of drug-likeness (QED) is 0.259. The topological polar surface area (TPSA) is 123 Å². The van der Waals surface area contributed by atoms with Crippen LogP contribution in [0.3, 0.4) is 0 Å². The van der Waals surface area contributed by atoms with E-state index in [1.807, 2.05) is 0 Å². The van der Waals surface area contributed by atoms with E-state index in [0.717, 1.165) is 6.07 Å². The van der Waals surface area contributed by atoms with Gasteiger partial charge in [-0.15, -0.1) is 0 Å². The molecule has 0 aliphatic carbocycles. The zero-order valence-electron chi connectivity index (χ0n) is 17.1. The lowest BCUT2D eigenvalue weighted by molar-refractivity contribution is -0.384. The molecule has 172 valence electrons. The fourth-order valence-electron chi connectivity index (χ4n) is 2.73. The maximum atomic E-state index is 12.6. The molecule has 0 amide bonds. The maximum Gasteiger partial charge on any atom is 0.387 e. The van der Waals surface area contributed by atoms with E-state index in [2.05, 4.69) is 20.0 Å². The highest BCUT2D eigenvalue weighted by Crippen LogP contribution is 2.29. The van der Waals surface area contributed by atoms with Gasteiger partial charge in [0.2, 0.25) is 0 Å². The first-order valence-corrected chi connectivity index (χ1v) is 10.9. The smallest absolute Gasteiger partial charge is 0.387 e. The molecule has 0 saturated heterocycles. The fraction of sp³-hybridized carbons (Fsp3) is 0.0952. The molecule has 3 aromatic rings. The van der Waals surface area contributed by atoms with Crippen molar-refractivity contribution in [3.8, 4) is 5.75 Å². The summed E-state index contributed by atoms with van der Waals surface area (Å²) in [5.41, 5.74) is 3.28. The number of nitro groups is 1. The summed E-state index contributed by atoms with van der Waals surface area (Å²) in [6.45, 7) is -1.34. The van der Waals surface area contributed by atoms with E-state index in [4.69, 9.17) is 0 Å². The van der Waals surface area contributed by atoms with E-state index in [-0.39, 0.29) is 16.3 Å². The number of ether oxygens (including phenoxy) is 1. The second kappa shape index (κ2) is 10.0. The van der Waals surface area contributed by atoms with Crippen LogP contribution >= 0.6 is 0 Å². The van der Waals surface area contributed by atoms with Crippen LogP contribution in [0.1, 0.15) is 12.5 Å². The van der Waals surface area contributed by atoms with Crippen molar-refractivity contribution < 1.29 is 26.9 Å². The number of sulfonamides is 1. The summed E-state index contributed by atoms with van der Waals surface area (Å²) in [5, 5.41) is 15.6. The summed E-state index contributed by atoms with van der Waals surface area (Å²) in [5.74, 6) is -0.0222. The first-order chi connectivity index (χ1) is 15.7. The third-order valence-electron chi connectivity index (χ3n) is 4.34. The molecule has 0 fully saturated rings. The van der Waals surface area contributed by atoms with Crippen LogP contribution < -0.4 is 14.9 Å². The zero-order valence-corrected chi connectivity index (χ0v) is 17.9. The highest BCUT2D eigenvalue weighted by molar-refractivity contribution is 7.92. The molecule has 9 nitrogen and oxygen atoms in total. The standard InChI is InChI=1S/C21H18F2N4O5S/c1-14(15-7-9-17(10-8-15)32-21(22)23)24-25-19-12-11-18(13-20(19)27(28)29)33(30,31)26-16-5-3-2-4-6-16/h2-13,21,25-26H,1H3/b24-14-. The number of rotatable bonds is 9. The van der Waals surface area contributed by atoms with Crippen molar-refractivity contribution in [1.29, 1.82) is 0 Å². The van der Waals surface area contributed by atoms with Crippen molar-refractivity contribution in [2.45, 2.75) is 18.4 Å². The molecular weight excluding hydrogens is 458 g/mol. The van der Waals surface area contributed by atoms with Gasteiger partial charge >= 0.3 is 6.61 Å². The summed E-state index contributed by atoms with van der Waals surface area (Å²) < 4.78 is 56.3. The highest BCUT2D eigenvalue weighted by atomic mass is 32.2. The van der Waals surface area contributed by atoms with E-state index in [0.29, 0.717) is 17.0 Å². The minimum absolute atomic E-state index is 0.0222. The number of hydrogen-bond donors (Lipinski definition) is 2. The lowest BCUT2D eigenvalue weighted by Crippen LogP contribution is -2.13. The zero-order chi connectivity index (χ0) is 24.0. The molecule has 0 aliphatic rings. The van der Waals surface area contributed by atoms with Crippen molar-refractivity contribution in [1.82, 2.24) is 0 Å². The van der Waals surface area contributed by atoms with Crippen LogP contribution in [0.25, 0.3) is 0 Å². The van der Waals surface area contributed by atoms with Gasteiger partial charge in [0.05, 0.1) is 15.5 Å². The molecule has 0 atom stereocenters. The summed E-state index contributed by atoms with van der Waals surface area (Å²) in [6.07, 6.45) is 0. The second-order valence-corrected chi connectivity index (χ2v) is 8.30. The summed E-state index contributed by atoms with van der Waals surface area (Å²) in [7, 11) is -4.06. The van der Waals surface area contributed by atoms with Crippen LogP contribution in [0.2, 0.25) is 0 Å². The number of nitrogens with zero attached hydrogens (tertiary/aromatic N) is 2. The average Bonchev–Trinajstić information content (AvgIpc) is 2.77. The highest BCUT2D eigenvalue weighted by Gasteiger charge is 2.21. The van der Waals surface area contributed by atoms with Crippen molar-refractivity contribution in [2.24, 2.45) is 5.10 Å². The third kappa shape index (κ3) is 6.23.